The Morgan fingerprint density at radius 3 is 2.90 bits per heavy atom. The number of aryl methyl sites for hydroxylation is 2. The maximum absolute atomic E-state index is 11.7. The molecule has 0 fully saturated rings. The number of amides is 1. The summed E-state index contributed by atoms with van der Waals surface area (Å²) in [6.45, 7) is 3.82. The molecule has 1 aliphatic rings. The van der Waals surface area contributed by atoms with Gasteiger partial charge in [0, 0.05) is 6.54 Å². The normalized spacial score (nSPS) is 16.4. The number of benzene rings is 1. The molecule has 0 heterocycles. The fraction of sp³-hybridized carbons (Fsp3) is 0.562. The lowest BCUT2D eigenvalue weighted by Crippen LogP contribution is -2.41. The summed E-state index contributed by atoms with van der Waals surface area (Å²) in [6.07, 6.45) is 4.03. The lowest BCUT2D eigenvalue weighted by atomic mass is 10.0. The van der Waals surface area contributed by atoms with Crippen LogP contribution in [0.4, 0.5) is 0 Å². The molecule has 0 saturated carbocycles. The zero-order valence-corrected chi connectivity index (χ0v) is 12.2. The fourth-order valence-electron chi connectivity index (χ4n) is 2.25. The Bertz CT molecular complexity index is 483. The van der Waals surface area contributed by atoms with E-state index in [1.807, 2.05) is 19.1 Å². The van der Waals surface area contributed by atoms with Crippen LogP contribution in [0.1, 0.15) is 37.8 Å². The molecule has 1 atom stereocenters. The number of rotatable bonds is 6. The van der Waals surface area contributed by atoms with E-state index >= 15 is 0 Å². The van der Waals surface area contributed by atoms with Crippen LogP contribution in [0.15, 0.2) is 18.2 Å². The number of fused-ring (bicyclic) bond motifs is 1. The minimum atomic E-state index is -0.858. The van der Waals surface area contributed by atoms with Crippen LogP contribution in [0.3, 0.4) is 0 Å². The van der Waals surface area contributed by atoms with E-state index in [0.29, 0.717) is 6.42 Å². The number of hydrogen-bond acceptors (Lipinski definition) is 3. The van der Waals surface area contributed by atoms with Gasteiger partial charge in [0.05, 0.1) is 5.60 Å². The molecule has 0 aromatic heterocycles. The summed E-state index contributed by atoms with van der Waals surface area (Å²) in [4.78, 5) is 11.7. The van der Waals surface area contributed by atoms with Crippen molar-refractivity contribution in [1.82, 2.24) is 5.32 Å². The molecule has 1 aliphatic carbocycles. The molecule has 0 bridgehead atoms. The maximum atomic E-state index is 11.7. The van der Waals surface area contributed by atoms with E-state index in [9.17, 15) is 9.90 Å². The second-order valence-electron chi connectivity index (χ2n) is 5.70. The Kier molecular flexibility index (Phi) is 4.65. The van der Waals surface area contributed by atoms with Gasteiger partial charge in [-0.25, -0.2) is 0 Å². The molecular formula is C16H23NO3. The Balaban J connectivity index is 1.79. The molecule has 4 heteroatoms. The van der Waals surface area contributed by atoms with E-state index in [2.05, 4.69) is 11.4 Å². The van der Waals surface area contributed by atoms with Crippen LogP contribution in [-0.2, 0) is 17.6 Å². The standard InChI is InChI=1S/C16H23NO3/c1-3-16(2,19)11-17-15(18)10-20-14-8-7-12-5-4-6-13(12)9-14/h7-9,19H,3-6,10-11H2,1-2H3,(H,17,18). The second kappa shape index (κ2) is 6.27. The van der Waals surface area contributed by atoms with Crippen molar-refractivity contribution < 1.29 is 14.6 Å². The maximum Gasteiger partial charge on any atom is 0.258 e. The van der Waals surface area contributed by atoms with Crippen molar-refractivity contribution in [3.05, 3.63) is 29.3 Å². The van der Waals surface area contributed by atoms with E-state index in [0.717, 1.165) is 18.6 Å². The van der Waals surface area contributed by atoms with Gasteiger partial charge >= 0.3 is 0 Å². The van der Waals surface area contributed by atoms with Gasteiger partial charge in [0.15, 0.2) is 6.61 Å². The highest BCUT2D eigenvalue weighted by Crippen LogP contribution is 2.25. The topological polar surface area (TPSA) is 58.6 Å². The van der Waals surface area contributed by atoms with Crippen molar-refractivity contribution >= 4 is 5.91 Å². The summed E-state index contributed by atoms with van der Waals surface area (Å²) in [5, 5.41) is 12.5. The van der Waals surface area contributed by atoms with Gasteiger partial charge in [0.2, 0.25) is 0 Å². The smallest absolute Gasteiger partial charge is 0.258 e. The van der Waals surface area contributed by atoms with Crippen molar-refractivity contribution in [2.24, 2.45) is 0 Å². The monoisotopic (exact) mass is 277 g/mol. The Morgan fingerprint density at radius 2 is 2.15 bits per heavy atom. The average Bonchev–Trinajstić information content (AvgIpc) is 2.90. The highest BCUT2D eigenvalue weighted by Gasteiger charge is 2.18. The first kappa shape index (κ1) is 14.9. The van der Waals surface area contributed by atoms with Crippen LogP contribution in [0.25, 0.3) is 0 Å². The van der Waals surface area contributed by atoms with Crippen LogP contribution in [-0.4, -0.2) is 29.8 Å². The first-order chi connectivity index (χ1) is 9.50. The van der Waals surface area contributed by atoms with Gasteiger partial charge in [-0.1, -0.05) is 13.0 Å². The van der Waals surface area contributed by atoms with E-state index in [-0.39, 0.29) is 19.1 Å². The van der Waals surface area contributed by atoms with Crippen molar-refractivity contribution in [3.63, 3.8) is 0 Å². The van der Waals surface area contributed by atoms with Crippen LogP contribution in [0.5, 0.6) is 5.75 Å². The van der Waals surface area contributed by atoms with Crippen molar-refractivity contribution in [1.29, 1.82) is 0 Å². The van der Waals surface area contributed by atoms with Crippen molar-refractivity contribution in [2.45, 2.75) is 45.1 Å². The predicted molar refractivity (Wildman–Crippen MR) is 77.9 cm³/mol. The summed E-state index contributed by atoms with van der Waals surface area (Å²) in [5.74, 6) is 0.530. The first-order valence-electron chi connectivity index (χ1n) is 7.24. The molecule has 4 nitrogen and oxygen atoms in total. The third kappa shape index (κ3) is 3.97. The minimum Gasteiger partial charge on any atom is -0.484 e. The van der Waals surface area contributed by atoms with Gasteiger partial charge in [-0.05, 0) is 55.9 Å². The quantitative estimate of drug-likeness (QED) is 0.834. The third-order valence-corrected chi connectivity index (χ3v) is 3.87. The van der Waals surface area contributed by atoms with Gasteiger partial charge in [0.1, 0.15) is 5.75 Å². The molecule has 0 spiro atoms. The Hall–Kier alpha value is -1.55. The number of aliphatic hydroxyl groups is 1. The summed E-state index contributed by atoms with van der Waals surface area (Å²) < 4.78 is 5.50. The summed E-state index contributed by atoms with van der Waals surface area (Å²) in [6, 6.07) is 6.02. The summed E-state index contributed by atoms with van der Waals surface area (Å²) in [5.41, 5.74) is 1.86. The van der Waals surface area contributed by atoms with Gasteiger partial charge in [-0.2, -0.15) is 0 Å². The largest absolute Gasteiger partial charge is 0.484 e. The number of carbonyl (C=O) groups excluding carboxylic acids is 1. The number of hydrogen-bond donors (Lipinski definition) is 2. The zero-order chi connectivity index (χ0) is 14.6. The van der Waals surface area contributed by atoms with Gasteiger partial charge in [-0.15, -0.1) is 0 Å². The lowest BCUT2D eigenvalue weighted by molar-refractivity contribution is -0.124. The van der Waals surface area contributed by atoms with E-state index in [4.69, 9.17) is 4.74 Å². The number of ether oxygens (including phenoxy) is 1. The van der Waals surface area contributed by atoms with Crippen LogP contribution in [0, 0.1) is 0 Å². The molecule has 2 rings (SSSR count). The molecule has 2 N–H and O–H groups in total. The van der Waals surface area contributed by atoms with Gasteiger partial charge < -0.3 is 15.2 Å². The lowest BCUT2D eigenvalue weighted by Gasteiger charge is -2.21. The van der Waals surface area contributed by atoms with E-state index in [1.165, 1.54) is 17.5 Å². The van der Waals surface area contributed by atoms with Crippen molar-refractivity contribution in [2.75, 3.05) is 13.2 Å². The number of nitrogens with one attached hydrogen (secondary N) is 1. The summed E-state index contributed by atoms with van der Waals surface area (Å²) >= 11 is 0. The first-order valence-corrected chi connectivity index (χ1v) is 7.24. The molecule has 20 heavy (non-hydrogen) atoms. The second-order valence-corrected chi connectivity index (χ2v) is 5.70. The Morgan fingerprint density at radius 1 is 1.40 bits per heavy atom. The van der Waals surface area contributed by atoms with Crippen LogP contribution in [0.2, 0.25) is 0 Å². The molecular weight excluding hydrogens is 254 g/mol. The van der Waals surface area contributed by atoms with Crippen LogP contribution < -0.4 is 10.1 Å². The molecule has 1 aromatic rings. The molecule has 0 saturated heterocycles. The fourth-order valence-corrected chi connectivity index (χ4v) is 2.25. The molecule has 1 amide bonds. The highest BCUT2D eigenvalue weighted by atomic mass is 16.5. The molecule has 0 aliphatic heterocycles. The minimum absolute atomic E-state index is 0.0153. The third-order valence-electron chi connectivity index (χ3n) is 3.87. The SMILES string of the molecule is CCC(C)(O)CNC(=O)COc1ccc2c(c1)CCC2. The van der Waals surface area contributed by atoms with E-state index in [1.54, 1.807) is 6.92 Å². The summed E-state index contributed by atoms with van der Waals surface area (Å²) in [7, 11) is 0. The molecule has 1 unspecified atom stereocenters. The molecule has 0 radical (unpaired) electrons. The van der Waals surface area contributed by atoms with Gasteiger partial charge in [0.25, 0.3) is 5.91 Å². The highest BCUT2D eigenvalue weighted by molar-refractivity contribution is 5.77. The van der Waals surface area contributed by atoms with Crippen molar-refractivity contribution in [3.8, 4) is 5.75 Å². The Labute approximate surface area is 120 Å². The average molecular weight is 277 g/mol. The van der Waals surface area contributed by atoms with E-state index < -0.39 is 5.60 Å². The number of carbonyl (C=O) groups is 1. The zero-order valence-electron chi connectivity index (χ0n) is 12.2. The molecule has 1 aromatic carbocycles. The predicted octanol–water partition coefficient (Wildman–Crippen LogP) is 1.83. The van der Waals surface area contributed by atoms with Crippen LogP contribution >= 0.6 is 0 Å². The molecule has 110 valence electrons. The van der Waals surface area contributed by atoms with Gasteiger partial charge in [-0.3, -0.25) is 4.79 Å².